The molecule has 1 saturated heterocycles. The second kappa shape index (κ2) is 5.02. The van der Waals surface area contributed by atoms with E-state index in [9.17, 15) is 0 Å². The van der Waals surface area contributed by atoms with Crippen LogP contribution in [0, 0.1) is 5.92 Å². The molecule has 0 amide bonds. The summed E-state index contributed by atoms with van der Waals surface area (Å²) in [5, 5.41) is 3.59. The van der Waals surface area contributed by atoms with Crippen LogP contribution in [-0.4, -0.2) is 24.0 Å². The Morgan fingerprint density at radius 3 is 2.94 bits per heavy atom. The largest absolute Gasteiger partial charge is 0.311 e. The summed E-state index contributed by atoms with van der Waals surface area (Å²) in [6.07, 6.45) is 2.73. The van der Waals surface area contributed by atoms with Gasteiger partial charge in [-0.3, -0.25) is 4.90 Å². The topological polar surface area (TPSA) is 15.3 Å². The highest BCUT2D eigenvalue weighted by atomic mass is 15.2. The second-order valence-electron chi connectivity index (χ2n) is 6.04. The molecule has 0 aromatic heterocycles. The maximum Gasteiger partial charge on any atom is 0.0479 e. The summed E-state index contributed by atoms with van der Waals surface area (Å²) in [6.45, 7) is 8.15. The van der Waals surface area contributed by atoms with Crippen LogP contribution in [0.2, 0.25) is 0 Å². The normalized spacial score (nSPS) is 28.6. The van der Waals surface area contributed by atoms with E-state index >= 15 is 0 Å². The van der Waals surface area contributed by atoms with E-state index in [-0.39, 0.29) is 0 Å². The molecule has 1 aromatic carbocycles. The lowest BCUT2D eigenvalue weighted by Crippen LogP contribution is -2.43. The number of likely N-dealkylation sites (tertiary alicyclic amines) is 1. The Morgan fingerprint density at radius 1 is 1.28 bits per heavy atom. The molecule has 18 heavy (non-hydrogen) atoms. The van der Waals surface area contributed by atoms with Crippen LogP contribution in [0.1, 0.15) is 43.9 Å². The highest BCUT2D eigenvalue weighted by Gasteiger charge is 2.34. The van der Waals surface area contributed by atoms with Crippen molar-refractivity contribution < 1.29 is 0 Å². The summed E-state index contributed by atoms with van der Waals surface area (Å²) in [7, 11) is 0. The molecule has 2 aliphatic rings. The molecule has 1 N–H and O–H groups in total. The van der Waals surface area contributed by atoms with Gasteiger partial charge in [-0.1, -0.05) is 38.1 Å². The third-order valence-electron chi connectivity index (χ3n) is 4.58. The van der Waals surface area contributed by atoms with Crippen LogP contribution in [-0.2, 0) is 6.54 Å². The Kier molecular flexibility index (Phi) is 3.40. The van der Waals surface area contributed by atoms with Crippen LogP contribution in [0.15, 0.2) is 24.3 Å². The zero-order chi connectivity index (χ0) is 12.5. The quantitative estimate of drug-likeness (QED) is 0.860. The highest BCUT2D eigenvalue weighted by Crippen LogP contribution is 2.35. The van der Waals surface area contributed by atoms with Crippen molar-refractivity contribution >= 4 is 0 Å². The fourth-order valence-corrected chi connectivity index (χ4v) is 3.69. The molecule has 0 aliphatic carbocycles. The third-order valence-corrected chi connectivity index (χ3v) is 4.58. The van der Waals surface area contributed by atoms with Crippen molar-refractivity contribution in [2.45, 2.75) is 45.3 Å². The summed E-state index contributed by atoms with van der Waals surface area (Å²) >= 11 is 0. The summed E-state index contributed by atoms with van der Waals surface area (Å²) < 4.78 is 0. The monoisotopic (exact) mass is 244 g/mol. The molecule has 1 aromatic rings. The lowest BCUT2D eigenvalue weighted by molar-refractivity contribution is 0.137. The molecule has 2 heteroatoms. The van der Waals surface area contributed by atoms with E-state index in [1.165, 1.54) is 24.9 Å². The minimum Gasteiger partial charge on any atom is -0.311 e. The van der Waals surface area contributed by atoms with Gasteiger partial charge < -0.3 is 5.32 Å². The van der Waals surface area contributed by atoms with Crippen molar-refractivity contribution in [2.75, 3.05) is 13.1 Å². The Balaban J connectivity index is 1.89. The molecule has 0 radical (unpaired) electrons. The Hall–Kier alpha value is -0.860. The molecule has 2 nitrogen and oxygen atoms in total. The van der Waals surface area contributed by atoms with E-state index in [1.54, 1.807) is 5.56 Å². The van der Waals surface area contributed by atoms with Crippen LogP contribution in [0.5, 0.6) is 0 Å². The number of nitrogens with zero attached hydrogens (tertiary/aromatic N) is 1. The number of rotatable bonds is 2. The molecule has 3 rings (SSSR count). The molecular weight excluding hydrogens is 220 g/mol. The van der Waals surface area contributed by atoms with Gasteiger partial charge in [-0.2, -0.15) is 0 Å². The van der Waals surface area contributed by atoms with Crippen molar-refractivity contribution in [1.29, 1.82) is 0 Å². The average Bonchev–Trinajstić information content (AvgIpc) is 2.87. The van der Waals surface area contributed by atoms with Gasteiger partial charge >= 0.3 is 0 Å². The third kappa shape index (κ3) is 2.08. The van der Waals surface area contributed by atoms with Gasteiger partial charge in [0.15, 0.2) is 0 Å². The Bertz CT molecular complexity index is 413. The predicted molar refractivity (Wildman–Crippen MR) is 75.5 cm³/mol. The number of benzene rings is 1. The maximum absolute atomic E-state index is 3.59. The van der Waals surface area contributed by atoms with E-state index in [0.717, 1.165) is 25.0 Å². The van der Waals surface area contributed by atoms with E-state index in [4.69, 9.17) is 0 Å². The Labute approximate surface area is 110 Å². The molecule has 0 bridgehead atoms. The van der Waals surface area contributed by atoms with Gasteiger partial charge in [-0.15, -0.1) is 0 Å². The number of nitrogens with one attached hydrogen (secondary N) is 1. The van der Waals surface area contributed by atoms with Gasteiger partial charge in [0, 0.05) is 25.2 Å². The van der Waals surface area contributed by atoms with Gasteiger partial charge in [0.25, 0.3) is 0 Å². The molecule has 0 spiro atoms. The lowest BCUT2D eigenvalue weighted by atomic mass is 9.93. The lowest BCUT2D eigenvalue weighted by Gasteiger charge is -2.38. The average molecular weight is 244 g/mol. The molecule has 1 fully saturated rings. The minimum atomic E-state index is 0.588. The van der Waals surface area contributed by atoms with Crippen molar-refractivity contribution in [2.24, 2.45) is 5.92 Å². The molecule has 2 atom stereocenters. The molecule has 2 aliphatic heterocycles. The first-order valence-corrected chi connectivity index (χ1v) is 7.31. The van der Waals surface area contributed by atoms with E-state index in [0.29, 0.717) is 6.04 Å². The van der Waals surface area contributed by atoms with Crippen molar-refractivity contribution in [3.63, 3.8) is 0 Å². The zero-order valence-electron chi connectivity index (χ0n) is 11.5. The van der Waals surface area contributed by atoms with E-state index < -0.39 is 0 Å². The molecular formula is C16H24N2. The first-order valence-electron chi connectivity index (χ1n) is 7.31. The summed E-state index contributed by atoms with van der Waals surface area (Å²) in [5.41, 5.74) is 3.05. The van der Waals surface area contributed by atoms with Crippen molar-refractivity contribution in [1.82, 2.24) is 10.2 Å². The van der Waals surface area contributed by atoms with Crippen LogP contribution in [0.25, 0.3) is 0 Å². The maximum atomic E-state index is 3.59. The standard InChI is InChI=1S/C16H24N2/c1-12(2)15-8-5-9-18(15)16-11-17-10-13-6-3-4-7-14(13)16/h3-4,6-7,12,15-17H,5,8-11H2,1-2H3. The van der Waals surface area contributed by atoms with Gasteiger partial charge in [-0.25, -0.2) is 0 Å². The Morgan fingerprint density at radius 2 is 2.11 bits per heavy atom. The number of hydrogen-bond donors (Lipinski definition) is 1. The van der Waals surface area contributed by atoms with Crippen molar-refractivity contribution in [3.8, 4) is 0 Å². The second-order valence-corrected chi connectivity index (χ2v) is 6.04. The molecule has 98 valence electrons. The first-order chi connectivity index (χ1) is 8.77. The van der Waals surface area contributed by atoms with Crippen LogP contribution in [0.4, 0.5) is 0 Å². The highest BCUT2D eigenvalue weighted by molar-refractivity contribution is 5.32. The fraction of sp³-hybridized carbons (Fsp3) is 0.625. The van der Waals surface area contributed by atoms with Gasteiger partial charge in [0.05, 0.1) is 0 Å². The van der Waals surface area contributed by atoms with Gasteiger partial charge in [0.2, 0.25) is 0 Å². The molecule has 2 heterocycles. The van der Waals surface area contributed by atoms with E-state index in [1.807, 2.05) is 0 Å². The zero-order valence-corrected chi connectivity index (χ0v) is 11.5. The summed E-state index contributed by atoms with van der Waals surface area (Å²) in [6, 6.07) is 10.3. The van der Waals surface area contributed by atoms with Gasteiger partial charge in [0.1, 0.15) is 0 Å². The SMILES string of the molecule is CC(C)C1CCCN1C1CNCc2ccccc21. The number of hydrogen-bond acceptors (Lipinski definition) is 2. The molecule has 2 unspecified atom stereocenters. The smallest absolute Gasteiger partial charge is 0.0479 e. The van der Waals surface area contributed by atoms with Crippen LogP contribution in [0.3, 0.4) is 0 Å². The minimum absolute atomic E-state index is 0.588. The van der Waals surface area contributed by atoms with Crippen molar-refractivity contribution in [3.05, 3.63) is 35.4 Å². The predicted octanol–water partition coefficient (Wildman–Crippen LogP) is 2.95. The molecule has 0 saturated carbocycles. The summed E-state index contributed by atoms with van der Waals surface area (Å²) in [4.78, 5) is 2.75. The van der Waals surface area contributed by atoms with Crippen LogP contribution >= 0.6 is 0 Å². The van der Waals surface area contributed by atoms with Crippen LogP contribution < -0.4 is 5.32 Å². The van der Waals surface area contributed by atoms with Gasteiger partial charge in [-0.05, 0) is 36.4 Å². The number of fused-ring (bicyclic) bond motifs is 1. The summed E-state index contributed by atoms with van der Waals surface area (Å²) in [5.74, 6) is 0.765. The van der Waals surface area contributed by atoms with E-state index in [2.05, 4.69) is 48.3 Å². The fourth-order valence-electron chi connectivity index (χ4n) is 3.69. The first kappa shape index (κ1) is 12.2.